The first-order chi connectivity index (χ1) is 11.7. The molecule has 0 amide bonds. The van der Waals surface area contributed by atoms with E-state index in [4.69, 9.17) is 0 Å². The molecule has 0 aliphatic rings. The number of para-hydroxylation sites is 2. The summed E-state index contributed by atoms with van der Waals surface area (Å²) in [5, 5.41) is 16.4. The quantitative estimate of drug-likeness (QED) is 0.605. The molecule has 2 heterocycles. The number of pyridine rings is 1. The van der Waals surface area contributed by atoms with Crippen LogP contribution >= 0.6 is 12.4 Å². The van der Waals surface area contributed by atoms with Crippen LogP contribution in [0.2, 0.25) is 0 Å². The summed E-state index contributed by atoms with van der Waals surface area (Å²) in [4.78, 5) is 4.55. The predicted molar refractivity (Wildman–Crippen MR) is 101 cm³/mol. The first kappa shape index (κ1) is 16.9. The molecule has 0 bridgehead atoms. The number of fused-ring (bicyclic) bond motifs is 1. The van der Waals surface area contributed by atoms with Gasteiger partial charge in [-0.2, -0.15) is 0 Å². The third kappa shape index (κ3) is 3.04. The average molecular weight is 353 g/mol. The van der Waals surface area contributed by atoms with Gasteiger partial charge in [0.2, 0.25) is 0 Å². The van der Waals surface area contributed by atoms with Crippen LogP contribution in [0.5, 0.6) is 0 Å². The van der Waals surface area contributed by atoms with E-state index in [9.17, 15) is 0 Å². The maximum atomic E-state index is 4.55. The fourth-order valence-electron chi connectivity index (χ4n) is 2.75. The third-order valence-corrected chi connectivity index (χ3v) is 4.04. The lowest BCUT2D eigenvalue weighted by molar-refractivity contribution is 0.714. The lowest BCUT2D eigenvalue weighted by Crippen LogP contribution is -2.01. The van der Waals surface area contributed by atoms with Gasteiger partial charge in [-0.05, 0) is 35.0 Å². The van der Waals surface area contributed by atoms with Crippen LogP contribution in [0.25, 0.3) is 22.3 Å². The van der Waals surface area contributed by atoms with Gasteiger partial charge in [0.25, 0.3) is 0 Å². The molecular formula is C18H17ClN6. The van der Waals surface area contributed by atoms with Crippen LogP contribution in [-0.4, -0.2) is 25.2 Å². The second-order valence-electron chi connectivity index (χ2n) is 5.63. The molecular weight excluding hydrogens is 336 g/mol. The maximum absolute atomic E-state index is 4.55. The van der Waals surface area contributed by atoms with E-state index in [2.05, 4.69) is 50.9 Å². The number of hydrogen-bond acceptors (Lipinski definition) is 5. The Morgan fingerprint density at radius 3 is 2.52 bits per heavy atom. The molecule has 1 N–H and O–H groups in total. The van der Waals surface area contributed by atoms with Crippen molar-refractivity contribution in [2.75, 3.05) is 5.32 Å². The molecule has 0 aliphatic carbocycles. The van der Waals surface area contributed by atoms with Crippen LogP contribution < -0.4 is 5.32 Å². The highest BCUT2D eigenvalue weighted by Gasteiger charge is 2.16. The molecule has 0 spiro atoms. The van der Waals surface area contributed by atoms with Crippen molar-refractivity contribution in [2.45, 2.75) is 6.92 Å². The molecule has 0 atom stereocenters. The number of nitrogens with one attached hydrogen (secondary N) is 1. The lowest BCUT2D eigenvalue weighted by Gasteiger charge is -2.15. The van der Waals surface area contributed by atoms with Crippen LogP contribution in [0.3, 0.4) is 0 Å². The van der Waals surface area contributed by atoms with Gasteiger partial charge in [0.1, 0.15) is 0 Å². The van der Waals surface area contributed by atoms with Gasteiger partial charge in [-0.1, -0.05) is 36.4 Å². The lowest BCUT2D eigenvalue weighted by atomic mass is 10.1. The number of nitrogens with zero attached hydrogens (tertiary/aromatic N) is 5. The zero-order chi connectivity index (χ0) is 16.5. The van der Waals surface area contributed by atoms with E-state index < -0.39 is 0 Å². The summed E-state index contributed by atoms with van der Waals surface area (Å²) >= 11 is 0. The van der Waals surface area contributed by atoms with Crippen molar-refractivity contribution in [3.63, 3.8) is 0 Å². The fraction of sp³-hybridized carbons (Fsp3) is 0.111. The number of anilines is 2. The Labute approximate surface area is 151 Å². The summed E-state index contributed by atoms with van der Waals surface area (Å²) in [5.74, 6) is 0.671. The van der Waals surface area contributed by atoms with E-state index in [-0.39, 0.29) is 12.4 Å². The molecule has 2 aromatic heterocycles. The van der Waals surface area contributed by atoms with Crippen molar-refractivity contribution in [1.82, 2.24) is 25.2 Å². The van der Waals surface area contributed by atoms with Gasteiger partial charge in [0.05, 0.1) is 16.8 Å². The largest absolute Gasteiger partial charge is 0.354 e. The molecule has 126 valence electrons. The predicted octanol–water partition coefficient (Wildman–Crippen LogP) is 3.90. The van der Waals surface area contributed by atoms with Crippen molar-refractivity contribution in [3.8, 4) is 11.4 Å². The van der Waals surface area contributed by atoms with Crippen LogP contribution in [0.15, 0.2) is 54.7 Å². The monoisotopic (exact) mass is 352 g/mol. The SMILES string of the molecule is Cc1ccccc1Nc1c(-c2nnnn2C)cnc2ccccc12.Cl. The van der Waals surface area contributed by atoms with Gasteiger partial charge in [-0.15, -0.1) is 17.5 Å². The van der Waals surface area contributed by atoms with Gasteiger partial charge >= 0.3 is 0 Å². The fourth-order valence-corrected chi connectivity index (χ4v) is 2.75. The van der Waals surface area contributed by atoms with E-state index in [1.165, 1.54) is 5.56 Å². The van der Waals surface area contributed by atoms with Gasteiger partial charge in [-0.3, -0.25) is 4.98 Å². The zero-order valence-corrected chi connectivity index (χ0v) is 14.7. The second-order valence-corrected chi connectivity index (χ2v) is 5.63. The molecule has 0 saturated heterocycles. The summed E-state index contributed by atoms with van der Waals surface area (Å²) in [7, 11) is 1.82. The molecule has 0 aliphatic heterocycles. The summed E-state index contributed by atoms with van der Waals surface area (Å²) in [6.45, 7) is 2.08. The van der Waals surface area contributed by atoms with Crippen LogP contribution in [0.1, 0.15) is 5.56 Å². The highest BCUT2D eigenvalue weighted by atomic mass is 35.5. The molecule has 4 rings (SSSR count). The number of tetrazole rings is 1. The third-order valence-electron chi connectivity index (χ3n) is 4.04. The van der Waals surface area contributed by atoms with Crippen LogP contribution in [-0.2, 0) is 7.05 Å². The van der Waals surface area contributed by atoms with Gasteiger partial charge < -0.3 is 5.32 Å². The van der Waals surface area contributed by atoms with Gasteiger partial charge in [0.15, 0.2) is 5.82 Å². The Balaban J connectivity index is 0.00000182. The zero-order valence-electron chi connectivity index (χ0n) is 13.8. The standard InChI is InChI=1S/C18H16N6.ClH/c1-12-7-3-5-9-15(12)20-17-13-8-4-6-10-16(13)19-11-14(17)18-21-22-23-24(18)2;/h3-11H,1-2H3,(H,19,20);1H. The highest BCUT2D eigenvalue weighted by Crippen LogP contribution is 2.34. The number of aromatic nitrogens is 5. The molecule has 0 fully saturated rings. The van der Waals surface area contributed by atoms with E-state index in [0.29, 0.717) is 5.82 Å². The molecule has 7 heteroatoms. The first-order valence-electron chi connectivity index (χ1n) is 7.67. The summed E-state index contributed by atoms with van der Waals surface area (Å²) < 4.78 is 1.65. The Morgan fingerprint density at radius 1 is 1.00 bits per heavy atom. The maximum Gasteiger partial charge on any atom is 0.185 e. The Morgan fingerprint density at radius 2 is 1.76 bits per heavy atom. The van der Waals surface area contributed by atoms with Crippen LogP contribution in [0, 0.1) is 6.92 Å². The topological polar surface area (TPSA) is 68.5 Å². The minimum absolute atomic E-state index is 0. The first-order valence-corrected chi connectivity index (χ1v) is 7.67. The molecule has 4 aromatic rings. The van der Waals surface area contributed by atoms with Crippen LogP contribution in [0.4, 0.5) is 11.4 Å². The normalized spacial score (nSPS) is 10.5. The Hall–Kier alpha value is -2.99. The molecule has 6 nitrogen and oxygen atoms in total. The number of halogens is 1. The molecule has 25 heavy (non-hydrogen) atoms. The van der Waals surface area contributed by atoms with Crippen molar-refractivity contribution < 1.29 is 0 Å². The van der Waals surface area contributed by atoms with Crippen molar-refractivity contribution in [2.24, 2.45) is 7.05 Å². The molecule has 0 unspecified atom stereocenters. The van der Waals surface area contributed by atoms with Crippen molar-refractivity contribution in [3.05, 3.63) is 60.3 Å². The second kappa shape index (κ2) is 6.86. The number of hydrogen-bond donors (Lipinski definition) is 1. The Kier molecular flexibility index (Phi) is 4.63. The average Bonchev–Trinajstić information content (AvgIpc) is 3.03. The summed E-state index contributed by atoms with van der Waals surface area (Å²) in [6, 6.07) is 16.2. The number of benzene rings is 2. The minimum Gasteiger partial charge on any atom is -0.354 e. The number of rotatable bonds is 3. The van der Waals surface area contributed by atoms with Gasteiger partial charge in [0, 0.05) is 24.3 Å². The van der Waals surface area contributed by atoms with Gasteiger partial charge in [-0.25, -0.2) is 4.68 Å². The Bertz CT molecular complexity index is 1030. The van der Waals surface area contributed by atoms with Crippen molar-refractivity contribution in [1.29, 1.82) is 0 Å². The number of aryl methyl sites for hydroxylation is 2. The smallest absolute Gasteiger partial charge is 0.185 e. The summed E-state index contributed by atoms with van der Waals surface area (Å²) in [6.07, 6.45) is 1.81. The van der Waals surface area contributed by atoms with E-state index in [0.717, 1.165) is 27.8 Å². The van der Waals surface area contributed by atoms with Crippen molar-refractivity contribution >= 4 is 34.7 Å². The molecule has 0 radical (unpaired) electrons. The summed E-state index contributed by atoms with van der Waals surface area (Å²) in [5.41, 5.74) is 4.95. The molecule has 0 saturated carbocycles. The highest BCUT2D eigenvalue weighted by molar-refractivity contribution is 6.00. The van der Waals surface area contributed by atoms with E-state index >= 15 is 0 Å². The van der Waals surface area contributed by atoms with E-state index in [1.54, 1.807) is 4.68 Å². The molecule has 2 aromatic carbocycles. The minimum atomic E-state index is 0. The van der Waals surface area contributed by atoms with E-state index in [1.807, 2.05) is 43.6 Å².